The van der Waals surface area contributed by atoms with Crippen LogP contribution in [-0.2, 0) is 22.9 Å². The number of hydrogen-bond donors (Lipinski definition) is 0. The Morgan fingerprint density at radius 3 is 2.00 bits per heavy atom. The first-order chi connectivity index (χ1) is 8.35. The third-order valence-electron chi connectivity index (χ3n) is 2.24. The van der Waals surface area contributed by atoms with Crippen molar-refractivity contribution in [1.82, 2.24) is 4.90 Å². The summed E-state index contributed by atoms with van der Waals surface area (Å²) in [7, 11) is -1.33. The highest BCUT2D eigenvalue weighted by Gasteiger charge is 2.27. The lowest BCUT2D eigenvalue weighted by Gasteiger charge is -2.20. The Hall–Kier alpha value is -0.550. The van der Waals surface area contributed by atoms with Crippen LogP contribution >= 0.6 is 19.4 Å². The van der Waals surface area contributed by atoms with Gasteiger partial charge in [0.2, 0.25) is 0 Å². The van der Waals surface area contributed by atoms with Gasteiger partial charge in [0.1, 0.15) is 10.8 Å². The van der Waals surface area contributed by atoms with Crippen LogP contribution in [0.25, 0.3) is 0 Å². The Kier molecular flexibility index (Phi) is 7.55. The van der Waals surface area contributed by atoms with Gasteiger partial charge >= 0.3 is 7.82 Å². The second-order valence-corrected chi connectivity index (χ2v) is 5.44. The van der Waals surface area contributed by atoms with Gasteiger partial charge in [-0.1, -0.05) is 11.6 Å². The van der Waals surface area contributed by atoms with E-state index in [9.17, 15) is 9.36 Å². The zero-order chi connectivity index (χ0) is 14.3. The molecule has 0 aliphatic heterocycles. The number of halogens is 1. The highest BCUT2D eigenvalue weighted by molar-refractivity contribution is 7.48. The second-order valence-electron chi connectivity index (χ2n) is 3.25. The maximum absolute atomic E-state index is 11.9. The molecule has 0 rings (SSSR count). The Morgan fingerprint density at radius 1 is 1.22 bits per heavy atom. The lowest BCUT2D eigenvalue weighted by molar-refractivity contribution is -0.126. The van der Waals surface area contributed by atoms with Gasteiger partial charge < -0.3 is 9.42 Å². The minimum absolute atomic E-state index is 0.000556. The highest BCUT2D eigenvalue weighted by atomic mass is 35.5. The van der Waals surface area contributed by atoms with E-state index in [0.717, 1.165) is 0 Å². The van der Waals surface area contributed by atoms with E-state index in [4.69, 9.17) is 16.1 Å². The topological polar surface area (TPSA) is 65.1 Å². The first-order valence-corrected chi connectivity index (χ1v) is 7.25. The molecule has 0 spiro atoms. The fraction of sp³-hybridized carbons (Fsp3) is 0.700. The van der Waals surface area contributed by atoms with Crippen LogP contribution in [0.4, 0.5) is 0 Å². The normalized spacial score (nSPS) is 13.0. The van der Waals surface area contributed by atoms with Crippen LogP contribution in [0.5, 0.6) is 0 Å². The summed E-state index contributed by atoms with van der Waals surface area (Å²) in [5.74, 6) is -0.390. The molecule has 0 saturated carbocycles. The van der Waals surface area contributed by atoms with Crippen LogP contribution in [0.15, 0.2) is 10.8 Å². The number of rotatable bonds is 7. The Balaban J connectivity index is 5.02. The molecule has 0 aromatic carbocycles. The van der Waals surface area contributed by atoms with Crippen molar-refractivity contribution in [2.45, 2.75) is 20.8 Å². The molecule has 8 heteroatoms. The molecule has 0 unspecified atom stereocenters. The lowest BCUT2D eigenvalue weighted by atomic mass is 10.4. The quantitative estimate of drug-likeness (QED) is 0.411. The molecule has 1 amide bonds. The molecule has 0 atom stereocenters. The van der Waals surface area contributed by atoms with E-state index < -0.39 is 13.7 Å². The summed E-state index contributed by atoms with van der Waals surface area (Å²) in [6.07, 6.45) is 0. The zero-order valence-electron chi connectivity index (χ0n) is 11.2. The van der Waals surface area contributed by atoms with E-state index in [1.54, 1.807) is 0 Å². The fourth-order valence-corrected chi connectivity index (χ4v) is 2.09. The number of phosphoric ester groups is 1. The van der Waals surface area contributed by atoms with Gasteiger partial charge in [-0.05, 0) is 20.8 Å². The van der Waals surface area contributed by atoms with Gasteiger partial charge in [0, 0.05) is 27.3 Å². The molecule has 0 bridgehead atoms. The molecule has 0 aromatic heterocycles. The van der Waals surface area contributed by atoms with Crippen LogP contribution in [0.3, 0.4) is 0 Å². The molecule has 0 radical (unpaired) electrons. The monoisotopic (exact) mass is 299 g/mol. The number of allylic oxidation sites excluding steroid dienone is 1. The van der Waals surface area contributed by atoms with Crippen molar-refractivity contribution in [3.05, 3.63) is 10.8 Å². The molecule has 0 heterocycles. The summed E-state index contributed by atoms with van der Waals surface area (Å²) in [5.41, 5.74) is 0. The number of carbonyl (C=O) groups is 1. The number of likely N-dealkylation sites (N-methyl/N-ethyl adjacent to an activating group) is 1. The third kappa shape index (κ3) is 4.61. The maximum atomic E-state index is 11.9. The van der Waals surface area contributed by atoms with Crippen LogP contribution in [-0.4, -0.2) is 38.1 Å². The van der Waals surface area contributed by atoms with E-state index in [1.165, 1.54) is 26.0 Å². The molecule has 0 fully saturated rings. The van der Waals surface area contributed by atoms with Gasteiger partial charge in [0.05, 0.1) is 0 Å². The van der Waals surface area contributed by atoms with Gasteiger partial charge in [0.15, 0.2) is 0 Å². The first kappa shape index (κ1) is 17.4. The van der Waals surface area contributed by atoms with Crippen LogP contribution < -0.4 is 0 Å². The predicted octanol–water partition coefficient (Wildman–Crippen LogP) is 2.74. The zero-order valence-corrected chi connectivity index (χ0v) is 12.9. The van der Waals surface area contributed by atoms with Gasteiger partial charge in [-0.25, -0.2) is 4.57 Å². The number of amides is 1. The summed E-state index contributed by atoms with van der Waals surface area (Å²) in [4.78, 5) is 13.4. The average molecular weight is 300 g/mol. The SMILES string of the molecule is CCN(CC)C(=O)/C(Cl)=C(\C)OP(=O)(OC)OC. The molecule has 0 N–H and O–H groups in total. The summed E-state index contributed by atoms with van der Waals surface area (Å²) >= 11 is 5.89. The Morgan fingerprint density at radius 2 is 1.67 bits per heavy atom. The summed E-state index contributed by atoms with van der Waals surface area (Å²) in [5, 5.41) is -0.145. The molecule has 0 aromatic rings. The third-order valence-corrected chi connectivity index (χ3v) is 4.06. The fourth-order valence-electron chi connectivity index (χ4n) is 1.16. The standard InChI is InChI=1S/C10H19ClNO5P/c1-6-12(7-2)10(13)9(11)8(3)17-18(14,15-4)16-5/h6-7H2,1-5H3/b9-8-. The van der Waals surface area contributed by atoms with E-state index in [-0.39, 0.29) is 10.8 Å². The van der Waals surface area contributed by atoms with Crippen molar-refractivity contribution in [3.8, 4) is 0 Å². The minimum atomic E-state index is -3.69. The highest BCUT2D eigenvalue weighted by Crippen LogP contribution is 2.50. The van der Waals surface area contributed by atoms with E-state index >= 15 is 0 Å². The summed E-state index contributed by atoms with van der Waals surface area (Å²) in [6, 6.07) is 0. The number of phosphoric acid groups is 1. The number of nitrogens with zero attached hydrogens (tertiary/aromatic N) is 1. The van der Waals surface area contributed by atoms with E-state index in [2.05, 4.69) is 9.05 Å². The Labute approximate surface area is 112 Å². The smallest absolute Gasteiger partial charge is 0.407 e. The molecule has 106 valence electrons. The summed E-state index contributed by atoms with van der Waals surface area (Å²) in [6.45, 7) is 6.12. The maximum Gasteiger partial charge on any atom is 0.529 e. The van der Waals surface area contributed by atoms with Crippen molar-refractivity contribution in [3.63, 3.8) is 0 Å². The number of hydrogen-bond acceptors (Lipinski definition) is 5. The lowest BCUT2D eigenvalue weighted by Crippen LogP contribution is -2.31. The van der Waals surface area contributed by atoms with Gasteiger partial charge in [0.25, 0.3) is 5.91 Å². The average Bonchev–Trinajstić information content (AvgIpc) is 2.38. The number of carbonyl (C=O) groups excluding carboxylic acids is 1. The van der Waals surface area contributed by atoms with E-state index in [0.29, 0.717) is 13.1 Å². The van der Waals surface area contributed by atoms with Crippen molar-refractivity contribution in [2.24, 2.45) is 0 Å². The predicted molar refractivity (Wildman–Crippen MR) is 69.2 cm³/mol. The van der Waals surface area contributed by atoms with Gasteiger partial charge in [-0.2, -0.15) is 0 Å². The molecule has 6 nitrogen and oxygen atoms in total. The second kappa shape index (κ2) is 7.79. The van der Waals surface area contributed by atoms with Crippen LogP contribution in [0.1, 0.15) is 20.8 Å². The molecule has 18 heavy (non-hydrogen) atoms. The molecular formula is C10H19ClNO5P. The van der Waals surface area contributed by atoms with Crippen molar-refractivity contribution in [2.75, 3.05) is 27.3 Å². The molecule has 0 saturated heterocycles. The van der Waals surface area contributed by atoms with Crippen LogP contribution in [0.2, 0.25) is 0 Å². The van der Waals surface area contributed by atoms with Crippen LogP contribution in [0, 0.1) is 0 Å². The summed E-state index contributed by atoms with van der Waals surface area (Å²) < 4.78 is 25.9. The van der Waals surface area contributed by atoms with Gasteiger partial charge in [-0.3, -0.25) is 13.8 Å². The molecule has 0 aliphatic rings. The molecule has 0 aliphatic carbocycles. The van der Waals surface area contributed by atoms with Crippen molar-refractivity contribution >= 4 is 25.3 Å². The van der Waals surface area contributed by atoms with Crippen molar-refractivity contribution < 1.29 is 22.9 Å². The minimum Gasteiger partial charge on any atom is -0.407 e. The Bertz CT molecular complexity index is 359. The van der Waals surface area contributed by atoms with E-state index in [1.807, 2.05) is 13.8 Å². The van der Waals surface area contributed by atoms with Gasteiger partial charge in [-0.15, -0.1) is 0 Å². The largest absolute Gasteiger partial charge is 0.529 e. The first-order valence-electron chi connectivity index (χ1n) is 5.41. The molecular weight excluding hydrogens is 281 g/mol. The van der Waals surface area contributed by atoms with Crippen molar-refractivity contribution in [1.29, 1.82) is 0 Å².